The van der Waals surface area contributed by atoms with E-state index in [4.69, 9.17) is 0 Å². The minimum Gasteiger partial charge on any atom is -0.412 e. The molecule has 0 bridgehead atoms. The molecule has 0 aliphatic carbocycles. The summed E-state index contributed by atoms with van der Waals surface area (Å²) < 4.78 is 0. The van der Waals surface area contributed by atoms with E-state index in [1.807, 2.05) is 32.1 Å². The Kier molecular flexibility index (Phi) is 6.69. The smallest absolute Gasteiger partial charge is 0.253 e. The maximum absolute atomic E-state index is 11.4. The fourth-order valence-corrected chi connectivity index (χ4v) is 0.954. The fourth-order valence-electron chi connectivity index (χ4n) is 0.954. The number of nitrogens with zero attached hydrogens (tertiary/aromatic N) is 1. The van der Waals surface area contributed by atoms with Crippen LogP contribution in [0.5, 0.6) is 0 Å². The van der Waals surface area contributed by atoms with Gasteiger partial charge in [-0.2, -0.15) is 0 Å². The number of hydrogen-bond acceptors (Lipinski definition) is 1. The normalized spacial score (nSPS) is 8.14. The molecule has 0 saturated carbocycles. The van der Waals surface area contributed by atoms with Gasteiger partial charge in [-0.05, 0) is 0 Å². The lowest BCUT2D eigenvalue weighted by Crippen LogP contribution is -2.22. The van der Waals surface area contributed by atoms with Crippen LogP contribution in [0.1, 0.15) is 10.4 Å². The lowest BCUT2D eigenvalue weighted by Gasteiger charge is -2.09. The minimum atomic E-state index is 0. The molecule has 0 aliphatic rings. The third-order valence-electron chi connectivity index (χ3n) is 1.70. The van der Waals surface area contributed by atoms with Gasteiger partial charge >= 0.3 is 0 Å². The predicted molar refractivity (Wildman–Crippen MR) is 59.9 cm³/mol. The number of amides is 1. The van der Waals surface area contributed by atoms with Gasteiger partial charge in [0, 0.05) is 19.7 Å². The molecule has 0 heterocycles. The van der Waals surface area contributed by atoms with Gasteiger partial charge in [0.1, 0.15) is 7.85 Å². The molecule has 1 aromatic rings. The number of benzene rings is 1. The first-order valence-electron chi connectivity index (χ1n) is 3.89. The highest BCUT2D eigenvalue weighted by Crippen LogP contribution is 1.99. The average Bonchev–Trinajstić information content (AvgIpc) is 2.04. The van der Waals surface area contributed by atoms with E-state index in [9.17, 15) is 4.79 Å². The zero-order valence-electron chi connectivity index (χ0n) is 8.66. The summed E-state index contributed by atoms with van der Waals surface area (Å²) in [5, 5.41) is 0. The maximum Gasteiger partial charge on any atom is 0.253 e. The van der Waals surface area contributed by atoms with Gasteiger partial charge in [0.2, 0.25) is 0 Å². The Balaban J connectivity index is 0. The summed E-state index contributed by atoms with van der Waals surface area (Å²) in [6.07, 6.45) is 0. The van der Waals surface area contributed by atoms with Crippen molar-refractivity contribution in [3.8, 4) is 0 Å². The molecule has 5 heteroatoms. The van der Waals surface area contributed by atoms with Crippen molar-refractivity contribution >= 4 is 19.2 Å². The Morgan fingerprint density at radius 3 is 1.93 bits per heavy atom. The summed E-state index contributed by atoms with van der Waals surface area (Å²) >= 11 is 0. The van der Waals surface area contributed by atoms with E-state index in [2.05, 4.69) is 0 Å². The molecule has 1 rings (SSSR count). The SMILES string of the molecule is Bc1ccc(C(=O)N(C)C)cc1.O.O. The Bertz CT molecular complexity index is 285. The van der Waals surface area contributed by atoms with Gasteiger partial charge in [0.25, 0.3) is 5.91 Å². The molecule has 0 fully saturated rings. The Morgan fingerprint density at radius 2 is 1.57 bits per heavy atom. The molecule has 0 aromatic heterocycles. The molecule has 1 amide bonds. The van der Waals surface area contributed by atoms with Gasteiger partial charge in [-0.3, -0.25) is 4.79 Å². The Hall–Kier alpha value is -1.33. The van der Waals surface area contributed by atoms with Crippen molar-refractivity contribution in [2.45, 2.75) is 0 Å². The molecule has 78 valence electrons. The van der Waals surface area contributed by atoms with Crippen LogP contribution in [0.15, 0.2) is 24.3 Å². The summed E-state index contributed by atoms with van der Waals surface area (Å²) in [5.74, 6) is 0.0509. The van der Waals surface area contributed by atoms with Crippen LogP contribution in [0.4, 0.5) is 0 Å². The quantitative estimate of drug-likeness (QED) is 0.479. The fraction of sp³-hybridized carbons (Fsp3) is 0.222. The van der Waals surface area contributed by atoms with E-state index in [1.165, 1.54) is 5.46 Å². The molecule has 0 aliphatic heterocycles. The summed E-state index contributed by atoms with van der Waals surface area (Å²) in [6, 6.07) is 7.57. The first-order valence-corrected chi connectivity index (χ1v) is 3.89. The topological polar surface area (TPSA) is 83.3 Å². The van der Waals surface area contributed by atoms with Crippen molar-refractivity contribution in [3.63, 3.8) is 0 Å². The van der Waals surface area contributed by atoms with Crippen molar-refractivity contribution < 1.29 is 15.7 Å². The number of rotatable bonds is 1. The molecular formula is C9H16BNO3. The molecular weight excluding hydrogens is 181 g/mol. The second-order valence-corrected chi connectivity index (χ2v) is 3.07. The predicted octanol–water partition coefficient (Wildman–Crippen LogP) is -2.00. The van der Waals surface area contributed by atoms with E-state index in [0.717, 1.165) is 5.56 Å². The summed E-state index contributed by atoms with van der Waals surface area (Å²) in [7, 11) is 5.51. The van der Waals surface area contributed by atoms with Gasteiger partial charge in [-0.1, -0.05) is 29.7 Å². The van der Waals surface area contributed by atoms with Crippen molar-refractivity contribution in [3.05, 3.63) is 29.8 Å². The first-order chi connectivity index (χ1) is 5.61. The molecule has 0 saturated heterocycles. The highest BCUT2D eigenvalue weighted by atomic mass is 16.2. The largest absolute Gasteiger partial charge is 0.412 e. The van der Waals surface area contributed by atoms with Crippen molar-refractivity contribution in [1.29, 1.82) is 0 Å². The van der Waals surface area contributed by atoms with Gasteiger partial charge < -0.3 is 15.9 Å². The second kappa shape index (κ2) is 6.18. The van der Waals surface area contributed by atoms with E-state index in [1.54, 1.807) is 19.0 Å². The van der Waals surface area contributed by atoms with Gasteiger partial charge in [-0.25, -0.2) is 0 Å². The van der Waals surface area contributed by atoms with Crippen molar-refractivity contribution in [1.82, 2.24) is 4.90 Å². The zero-order valence-corrected chi connectivity index (χ0v) is 8.66. The number of hydrogen-bond donors (Lipinski definition) is 0. The van der Waals surface area contributed by atoms with Crippen LogP contribution < -0.4 is 5.46 Å². The first kappa shape index (κ1) is 15.2. The Labute approximate surface area is 84.6 Å². The standard InChI is InChI=1S/C9H12BNO.2H2O/c1-11(2)9(12)7-3-5-8(10)6-4-7;;/h3-6H,10H2,1-2H3;2*1H2. The number of carbonyl (C=O) groups is 1. The molecule has 0 unspecified atom stereocenters. The van der Waals surface area contributed by atoms with E-state index >= 15 is 0 Å². The molecule has 4 nitrogen and oxygen atoms in total. The highest BCUT2D eigenvalue weighted by Gasteiger charge is 2.05. The van der Waals surface area contributed by atoms with Crippen LogP contribution in [-0.2, 0) is 0 Å². The van der Waals surface area contributed by atoms with E-state index in [0.29, 0.717) is 0 Å². The van der Waals surface area contributed by atoms with Crippen LogP contribution >= 0.6 is 0 Å². The second-order valence-electron chi connectivity index (χ2n) is 3.07. The summed E-state index contributed by atoms with van der Waals surface area (Å²) in [5.41, 5.74) is 1.91. The highest BCUT2D eigenvalue weighted by molar-refractivity contribution is 6.32. The molecule has 0 radical (unpaired) electrons. The number of carbonyl (C=O) groups excluding carboxylic acids is 1. The molecule has 1 aromatic carbocycles. The molecule has 0 spiro atoms. The van der Waals surface area contributed by atoms with Crippen LogP contribution in [0, 0.1) is 0 Å². The van der Waals surface area contributed by atoms with Gasteiger partial charge in [0.15, 0.2) is 0 Å². The molecule has 14 heavy (non-hydrogen) atoms. The van der Waals surface area contributed by atoms with Crippen molar-refractivity contribution in [2.24, 2.45) is 0 Å². The zero-order chi connectivity index (χ0) is 9.14. The third-order valence-corrected chi connectivity index (χ3v) is 1.70. The van der Waals surface area contributed by atoms with Crippen LogP contribution in [0.3, 0.4) is 0 Å². The van der Waals surface area contributed by atoms with Crippen molar-refractivity contribution in [2.75, 3.05) is 14.1 Å². The van der Waals surface area contributed by atoms with Crippen LogP contribution in [-0.4, -0.2) is 43.7 Å². The summed E-state index contributed by atoms with van der Waals surface area (Å²) in [6.45, 7) is 0. The lowest BCUT2D eigenvalue weighted by molar-refractivity contribution is 0.0827. The summed E-state index contributed by atoms with van der Waals surface area (Å²) in [4.78, 5) is 13.0. The average molecular weight is 197 g/mol. The third kappa shape index (κ3) is 3.59. The van der Waals surface area contributed by atoms with E-state index < -0.39 is 0 Å². The molecule has 4 N–H and O–H groups in total. The van der Waals surface area contributed by atoms with Gasteiger partial charge in [-0.15, -0.1) is 0 Å². The Morgan fingerprint density at radius 1 is 1.14 bits per heavy atom. The monoisotopic (exact) mass is 197 g/mol. The lowest BCUT2D eigenvalue weighted by atomic mass is 9.95. The van der Waals surface area contributed by atoms with Gasteiger partial charge in [0.05, 0.1) is 0 Å². The van der Waals surface area contributed by atoms with Crippen LogP contribution in [0.2, 0.25) is 0 Å². The molecule has 0 atom stereocenters. The van der Waals surface area contributed by atoms with Crippen LogP contribution in [0.25, 0.3) is 0 Å². The maximum atomic E-state index is 11.4. The minimum absolute atomic E-state index is 0. The van der Waals surface area contributed by atoms with E-state index in [-0.39, 0.29) is 16.9 Å².